The molecule has 2 aromatic heterocycles. The fraction of sp³-hybridized carbons (Fsp3) is 0.545. The molecule has 1 aliphatic rings. The van der Waals surface area contributed by atoms with E-state index in [0.29, 0.717) is 0 Å². The standard InChI is InChI=1S/C11H15N5/c1-8-6-9-14-15-10(16(9)7-13-8)11(12)4-2-3-5-11/h6-7H,2-5,12H2,1H3. The lowest BCUT2D eigenvalue weighted by molar-refractivity contribution is 0.426. The number of hydrogen-bond donors (Lipinski definition) is 1. The van der Waals surface area contributed by atoms with Crippen LogP contribution in [-0.2, 0) is 5.54 Å². The number of hydrogen-bond acceptors (Lipinski definition) is 4. The first-order valence-electron chi connectivity index (χ1n) is 5.66. The van der Waals surface area contributed by atoms with Gasteiger partial charge in [-0.15, -0.1) is 10.2 Å². The molecule has 1 aliphatic carbocycles. The highest BCUT2D eigenvalue weighted by Crippen LogP contribution is 2.35. The predicted molar refractivity (Wildman–Crippen MR) is 59.9 cm³/mol. The lowest BCUT2D eigenvalue weighted by atomic mass is 9.98. The first-order chi connectivity index (χ1) is 7.69. The zero-order chi connectivity index (χ0) is 11.2. The third-order valence-electron chi connectivity index (χ3n) is 3.38. The predicted octanol–water partition coefficient (Wildman–Crippen LogP) is 1.16. The summed E-state index contributed by atoms with van der Waals surface area (Å²) >= 11 is 0. The van der Waals surface area contributed by atoms with E-state index < -0.39 is 0 Å². The fourth-order valence-corrected chi connectivity index (χ4v) is 2.46. The molecule has 1 fully saturated rings. The molecule has 0 bridgehead atoms. The fourth-order valence-electron chi connectivity index (χ4n) is 2.46. The Hall–Kier alpha value is -1.49. The van der Waals surface area contributed by atoms with Crippen LogP contribution < -0.4 is 5.73 Å². The summed E-state index contributed by atoms with van der Waals surface area (Å²) in [5.74, 6) is 0.854. The molecule has 0 aromatic carbocycles. The highest BCUT2D eigenvalue weighted by molar-refractivity contribution is 5.39. The summed E-state index contributed by atoms with van der Waals surface area (Å²) in [7, 11) is 0. The second-order valence-electron chi connectivity index (χ2n) is 4.65. The van der Waals surface area contributed by atoms with E-state index in [0.717, 1.165) is 30.0 Å². The third kappa shape index (κ3) is 1.31. The zero-order valence-electron chi connectivity index (χ0n) is 9.35. The van der Waals surface area contributed by atoms with E-state index in [-0.39, 0.29) is 5.54 Å². The van der Waals surface area contributed by atoms with Gasteiger partial charge in [-0.1, -0.05) is 12.8 Å². The van der Waals surface area contributed by atoms with Crippen molar-refractivity contribution >= 4 is 5.65 Å². The second-order valence-corrected chi connectivity index (χ2v) is 4.65. The number of nitrogens with two attached hydrogens (primary N) is 1. The Morgan fingerprint density at radius 1 is 1.31 bits per heavy atom. The van der Waals surface area contributed by atoms with Crippen molar-refractivity contribution in [3.8, 4) is 0 Å². The molecule has 0 spiro atoms. The lowest BCUT2D eigenvalue weighted by Gasteiger charge is -2.20. The summed E-state index contributed by atoms with van der Waals surface area (Å²) in [5.41, 5.74) is 7.85. The minimum Gasteiger partial charge on any atom is -0.319 e. The molecule has 0 atom stereocenters. The van der Waals surface area contributed by atoms with Crippen LogP contribution in [0.25, 0.3) is 5.65 Å². The summed E-state index contributed by atoms with van der Waals surface area (Å²) in [6.07, 6.45) is 6.09. The minimum absolute atomic E-state index is 0.309. The molecule has 2 aromatic rings. The van der Waals surface area contributed by atoms with Crippen LogP contribution in [0.2, 0.25) is 0 Å². The van der Waals surface area contributed by atoms with Crippen LogP contribution in [0.3, 0.4) is 0 Å². The van der Waals surface area contributed by atoms with E-state index in [1.54, 1.807) is 6.33 Å². The van der Waals surface area contributed by atoms with Crippen molar-refractivity contribution in [2.75, 3.05) is 0 Å². The smallest absolute Gasteiger partial charge is 0.163 e. The maximum atomic E-state index is 6.38. The first kappa shape index (κ1) is 9.72. The highest BCUT2D eigenvalue weighted by Gasteiger charge is 2.35. The molecule has 0 amide bonds. The molecule has 5 heteroatoms. The van der Waals surface area contributed by atoms with Crippen LogP contribution >= 0.6 is 0 Å². The molecule has 2 N–H and O–H groups in total. The van der Waals surface area contributed by atoms with Gasteiger partial charge in [-0.05, 0) is 19.8 Å². The first-order valence-corrected chi connectivity index (χ1v) is 5.66. The summed E-state index contributed by atoms with van der Waals surface area (Å²) in [6.45, 7) is 1.95. The van der Waals surface area contributed by atoms with Crippen LogP contribution in [0.15, 0.2) is 12.4 Å². The van der Waals surface area contributed by atoms with Gasteiger partial charge in [0, 0.05) is 11.8 Å². The van der Waals surface area contributed by atoms with Crippen LogP contribution in [0.5, 0.6) is 0 Å². The average Bonchev–Trinajstić information content (AvgIpc) is 2.84. The summed E-state index contributed by atoms with van der Waals surface area (Å²) < 4.78 is 1.92. The normalized spacial score (nSPS) is 19.4. The van der Waals surface area contributed by atoms with E-state index in [9.17, 15) is 0 Å². The summed E-state index contributed by atoms with van der Waals surface area (Å²) in [5, 5.41) is 8.40. The molecule has 84 valence electrons. The zero-order valence-corrected chi connectivity index (χ0v) is 9.35. The van der Waals surface area contributed by atoms with Crippen LogP contribution in [0, 0.1) is 6.92 Å². The highest BCUT2D eigenvalue weighted by atomic mass is 15.3. The number of fused-ring (bicyclic) bond motifs is 1. The van der Waals surface area contributed by atoms with Gasteiger partial charge < -0.3 is 5.73 Å². The van der Waals surface area contributed by atoms with Crippen molar-refractivity contribution in [3.63, 3.8) is 0 Å². The molecule has 2 heterocycles. The van der Waals surface area contributed by atoms with Crippen molar-refractivity contribution in [2.24, 2.45) is 5.73 Å². The maximum Gasteiger partial charge on any atom is 0.163 e. The summed E-state index contributed by atoms with van der Waals surface area (Å²) in [4.78, 5) is 4.27. The molecule has 0 radical (unpaired) electrons. The van der Waals surface area contributed by atoms with Crippen molar-refractivity contribution in [1.82, 2.24) is 19.6 Å². The van der Waals surface area contributed by atoms with Crippen molar-refractivity contribution < 1.29 is 0 Å². The third-order valence-corrected chi connectivity index (χ3v) is 3.38. The largest absolute Gasteiger partial charge is 0.319 e. The minimum atomic E-state index is -0.309. The Balaban J connectivity index is 2.17. The Bertz CT molecular complexity index is 524. The second kappa shape index (κ2) is 3.25. The van der Waals surface area contributed by atoms with Crippen molar-refractivity contribution in [2.45, 2.75) is 38.1 Å². The average molecular weight is 217 g/mol. The molecule has 0 aliphatic heterocycles. The lowest BCUT2D eigenvalue weighted by Crippen LogP contribution is -2.35. The van der Waals surface area contributed by atoms with Gasteiger partial charge >= 0.3 is 0 Å². The van der Waals surface area contributed by atoms with Gasteiger partial charge in [-0.2, -0.15) is 0 Å². The number of aryl methyl sites for hydroxylation is 1. The van der Waals surface area contributed by atoms with Gasteiger partial charge in [0.15, 0.2) is 11.5 Å². The number of aromatic nitrogens is 4. The number of nitrogens with zero attached hydrogens (tertiary/aromatic N) is 4. The molecular formula is C11H15N5. The molecule has 16 heavy (non-hydrogen) atoms. The van der Waals surface area contributed by atoms with Gasteiger partial charge in [-0.25, -0.2) is 4.98 Å². The van der Waals surface area contributed by atoms with Gasteiger partial charge in [0.1, 0.15) is 6.33 Å². The van der Waals surface area contributed by atoms with E-state index in [1.807, 2.05) is 17.4 Å². The molecular weight excluding hydrogens is 202 g/mol. The topological polar surface area (TPSA) is 69.1 Å². The Morgan fingerprint density at radius 2 is 2.06 bits per heavy atom. The van der Waals surface area contributed by atoms with Crippen LogP contribution in [0.1, 0.15) is 37.2 Å². The van der Waals surface area contributed by atoms with Crippen molar-refractivity contribution in [3.05, 3.63) is 23.9 Å². The molecule has 0 saturated heterocycles. The maximum absolute atomic E-state index is 6.38. The van der Waals surface area contributed by atoms with Crippen LogP contribution in [-0.4, -0.2) is 19.6 Å². The quantitative estimate of drug-likeness (QED) is 0.778. The van der Waals surface area contributed by atoms with E-state index in [2.05, 4.69) is 15.2 Å². The molecule has 5 nitrogen and oxygen atoms in total. The molecule has 1 saturated carbocycles. The van der Waals surface area contributed by atoms with Gasteiger partial charge in [0.25, 0.3) is 0 Å². The van der Waals surface area contributed by atoms with Gasteiger partial charge in [0.2, 0.25) is 0 Å². The Morgan fingerprint density at radius 3 is 2.81 bits per heavy atom. The molecule has 0 unspecified atom stereocenters. The summed E-state index contributed by atoms with van der Waals surface area (Å²) in [6, 6.07) is 1.93. The number of rotatable bonds is 1. The van der Waals surface area contributed by atoms with E-state index in [4.69, 9.17) is 5.73 Å². The van der Waals surface area contributed by atoms with E-state index in [1.165, 1.54) is 12.8 Å². The Kier molecular flexibility index (Phi) is 1.97. The van der Waals surface area contributed by atoms with Crippen molar-refractivity contribution in [1.29, 1.82) is 0 Å². The van der Waals surface area contributed by atoms with Gasteiger partial charge in [-0.3, -0.25) is 4.40 Å². The van der Waals surface area contributed by atoms with E-state index >= 15 is 0 Å². The Labute approximate surface area is 93.7 Å². The molecule has 3 rings (SSSR count). The SMILES string of the molecule is Cc1cc2nnc(C3(N)CCCC3)n2cn1. The van der Waals surface area contributed by atoms with Gasteiger partial charge in [0.05, 0.1) is 5.54 Å². The van der Waals surface area contributed by atoms with Crippen LogP contribution in [0.4, 0.5) is 0 Å². The monoisotopic (exact) mass is 217 g/mol.